The molecule has 128 valence electrons. The minimum Gasteiger partial charge on any atom is -0.376 e. The van der Waals surface area contributed by atoms with E-state index in [0.29, 0.717) is 0 Å². The molecule has 0 aromatic carbocycles. The van der Waals surface area contributed by atoms with Gasteiger partial charge in [0.1, 0.15) is 6.54 Å². The summed E-state index contributed by atoms with van der Waals surface area (Å²) >= 11 is 8.94. The first-order valence-electron chi connectivity index (χ1n) is 7.67. The Morgan fingerprint density at radius 3 is 1.96 bits per heavy atom. The summed E-state index contributed by atoms with van der Waals surface area (Å²) in [7, 11) is 0. The number of nitrogens with one attached hydrogen (secondary N) is 1. The van der Waals surface area contributed by atoms with Crippen LogP contribution in [0.2, 0.25) is 0 Å². The summed E-state index contributed by atoms with van der Waals surface area (Å²) in [6.07, 6.45) is 4.46. The summed E-state index contributed by atoms with van der Waals surface area (Å²) in [6.45, 7) is 3.91. The van der Waals surface area contributed by atoms with Gasteiger partial charge in [0, 0.05) is 26.2 Å². The highest BCUT2D eigenvalue weighted by molar-refractivity contribution is 7.80. The molecular weight excluding hydrogens is 334 g/mol. The Bertz CT molecular complexity index is 468. The van der Waals surface area contributed by atoms with E-state index in [9.17, 15) is 9.59 Å². The molecule has 2 fully saturated rings. The molecule has 2 aliphatic rings. The zero-order chi connectivity index (χ0) is 17.1. The van der Waals surface area contributed by atoms with Gasteiger partial charge in [-0.05, 0) is 50.1 Å². The molecule has 3 N–H and O–H groups in total. The van der Waals surface area contributed by atoms with Gasteiger partial charge in [0.05, 0.1) is 11.7 Å². The number of nitrogens with zero attached hydrogens (tertiary/aromatic N) is 3. The van der Waals surface area contributed by atoms with E-state index < -0.39 is 0 Å². The lowest BCUT2D eigenvalue weighted by molar-refractivity contribution is -0.129. The van der Waals surface area contributed by atoms with Crippen molar-refractivity contribution < 1.29 is 9.59 Å². The lowest BCUT2D eigenvalue weighted by Crippen LogP contribution is -2.40. The Hall–Kier alpha value is -1.57. The number of isothiocyanates is 1. The molecule has 9 heteroatoms. The molecule has 0 saturated carbocycles. The van der Waals surface area contributed by atoms with Gasteiger partial charge in [-0.3, -0.25) is 9.59 Å². The Morgan fingerprint density at radius 1 is 1.04 bits per heavy atom. The van der Waals surface area contributed by atoms with Crippen molar-refractivity contribution in [1.82, 2.24) is 15.1 Å². The van der Waals surface area contributed by atoms with Crippen molar-refractivity contribution in [3.8, 4) is 0 Å². The highest BCUT2D eigenvalue weighted by Gasteiger charge is 2.17. The van der Waals surface area contributed by atoms with Crippen LogP contribution in [0.4, 0.5) is 0 Å². The lowest BCUT2D eigenvalue weighted by Gasteiger charge is -2.15. The van der Waals surface area contributed by atoms with Crippen LogP contribution in [0.25, 0.3) is 0 Å². The number of thiocarbonyl (C=S) groups is 2. The van der Waals surface area contributed by atoms with E-state index in [4.69, 9.17) is 5.73 Å². The van der Waals surface area contributed by atoms with Crippen LogP contribution in [0.3, 0.4) is 0 Å². The maximum absolute atomic E-state index is 11.3. The highest BCUT2D eigenvalue weighted by Crippen LogP contribution is 2.07. The van der Waals surface area contributed by atoms with Gasteiger partial charge in [0.2, 0.25) is 11.8 Å². The smallest absolute Gasteiger partial charge is 0.245 e. The Balaban J connectivity index is 0.000000231. The normalized spacial score (nSPS) is 16.2. The van der Waals surface area contributed by atoms with E-state index >= 15 is 0 Å². The number of likely N-dealkylation sites (tertiary alicyclic amines) is 2. The first kappa shape index (κ1) is 19.5. The molecule has 2 aliphatic heterocycles. The quantitative estimate of drug-likeness (QED) is 0.550. The zero-order valence-electron chi connectivity index (χ0n) is 13.1. The molecule has 2 saturated heterocycles. The van der Waals surface area contributed by atoms with E-state index in [1.54, 1.807) is 0 Å². The average molecular weight is 358 g/mol. The molecule has 7 nitrogen and oxygen atoms in total. The van der Waals surface area contributed by atoms with Gasteiger partial charge in [-0.1, -0.05) is 0 Å². The number of carbonyl (C=O) groups is 2. The number of rotatable bonds is 4. The lowest BCUT2D eigenvalue weighted by atomic mass is 10.4. The standard InChI is InChI=1S/C7H13N3OS.C7H10N2OS/c8-7(12)9-5-6(11)10-3-1-2-4-10;10-7(5-8-6-11)9-3-1-2-4-9/h1-5H2,(H3,8,9,12);1-5H2. The van der Waals surface area contributed by atoms with Crippen LogP contribution in [-0.2, 0) is 9.59 Å². The molecule has 0 bridgehead atoms. The molecule has 0 unspecified atom stereocenters. The van der Waals surface area contributed by atoms with Crippen LogP contribution in [0.15, 0.2) is 4.99 Å². The molecule has 0 spiro atoms. The maximum Gasteiger partial charge on any atom is 0.245 e. The number of carbonyl (C=O) groups excluding carboxylic acids is 2. The first-order chi connectivity index (χ1) is 11.0. The molecule has 0 radical (unpaired) electrons. The predicted octanol–water partition coefficient (Wildman–Crippen LogP) is 0.154. The van der Waals surface area contributed by atoms with Crippen molar-refractivity contribution in [2.24, 2.45) is 10.7 Å². The largest absolute Gasteiger partial charge is 0.376 e. The molecule has 2 heterocycles. The van der Waals surface area contributed by atoms with E-state index in [1.807, 2.05) is 9.80 Å². The Kier molecular flexibility index (Phi) is 9.35. The number of hydrogen-bond acceptors (Lipinski definition) is 5. The number of nitrogens with two attached hydrogens (primary N) is 1. The first-order valence-corrected chi connectivity index (χ1v) is 8.48. The second kappa shape index (κ2) is 11.0. The van der Waals surface area contributed by atoms with Gasteiger partial charge in [-0.15, -0.1) is 0 Å². The zero-order valence-corrected chi connectivity index (χ0v) is 14.8. The number of hydrogen-bond donors (Lipinski definition) is 2. The van der Waals surface area contributed by atoms with Gasteiger partial charge in [0.15, 0.2) is 5.11 Å². The fraction of sp³-hybridized carbons (Fsp3) is 0.714. The summed E-state index contributed by atoms with van der Waals surface area (Å²) in [5.74, 6) is 0.153. The monoisotopic (exact) mass is 357 g/mol. The second-order valence-electron chi connectivity index (χ2n) is 5.30. The summed E-state index contributed by atoms with van der Waals surface area (Å²) in [5.41, 5.74) is 5.19. The molecular formula is C14H23N5O2S2. The van der Waals surface area contributed by atoms with Gasteiger partial charge < -0.3 is 20.9 Å². The van der Waals surface area contributed by atoms with Crippen molar-refractivity contribution in [3.63, 3.8) is 0 Å². The molecule has 2 rings (SSSR count). The van der Waals surface area contributed by atoms with Crippen LogP contribution >= 0.6 is 24.4 Å². The third-order valence-corrected chi connectivity index (χ3v) is 3.88. The van der Waals surface area contributed by atoms with E-state index in [0.717, 1.165) is 51.9 Å². The van der Waals surface area contributed by atoms with Crippen molar-refractivity contribution in [1.29, 1.82) is 0 Å². The van der Waals surface area contributed by atoms with Crippen molar-refractivity contribution in [2.45, 2.75) is 25.7 Å². The average Bonchev–Trinajstić information content (AvgIpc) is 3.23. The van der Waals surface area contributed by atoms with Crippen molar-refractivity contribution >= 4 is 46.5 Å². The summed E-state index contributed by atoms with van der Waals surface area (Å²) in [4.78, 5) is 29.7. The van der Waals surface area contributed by atoms with Gasteiger partial charge in [0.25, 0.3) is 0 Å². The summed E-state index contributed by atoms with van der Waals surface area (Å²) < 4.78 is 0. The molecule has 2 amide bonds. The minimum absolute atomic E-state index is 0.0693. The van der Waals surface area contributed by atoms with Gasteiger partial charge in [-0.25, -0.2) is 4.99 Å². The van der Waals surface area contributed by atoms with Crippen LogP contribution in [0.5, 0.6) is 0 Å². The molecule has 0 aromatic heterocycles. The van der Waals surface area contributed by atoms with Crippen molar-refractivity contribution in [2.75, 3.05) is 39.3 Å². The van der Waals surface area contributed by atoms with E-state index in [2.05, 4.69) is 39.9 Å². The fourth-order valence-corrected chi connectivity index (χ4v) is 2.54. The third-order valence-electron chi connectivity index (χ3n) is 3.61. The van der Waals surface area contributed by atoms with Crippen molar-refractivity contribution in [3.05, 3.63) is 0 Å². The minimum atomic E-state index is 0.0693. The number of aliphatic imine (C=N–C) groups is 1. The van der Waals surface area contributed by atoms with Crippen LogP contribution < -0.4 is 11.1 Å². The topological polar surface area (TPSA) is 91.0 Å². The van der Waals surface area contributed by atoms with Crippen LogP contribution in [0, 0.1) is 0 Å². The molecule has 23 heavy (non-hydrogen) atoms. The van der Waals surface area contributed by atoms with E-state index in [-0.39, 0.29) is 30.0 Å². The van der Waals surface area contributed by atoms with Crippen LogP contribution in [-0.4, -0.2) is 71.2 Å². The predicted molar refractivity (Wildman–Crippen MR) is 96.3 cm³/mol. The number of amides is 2. The van der Waals surface area contributed by atoms with Crippen LogP contribution in [0.1, 0.15) is 25.7 Å². The van der Waals surface area contributed by atoms with Gasteiger partial charge >= 0.3 is 0 Å². The second-order valence-corrected chi connectivity index (χ2v) is 5.92. The maximum atomic E-state index is 11.3. The third kappa shape index (κ3) is 8.01. The molecule has 0 atom stereocenters. The Labute approximate surface area is 147 Å². The van der Waals surface area contributed by atoms with E-state index in [1.165, 1.54) is 0 Å². The fourth-order valence-electron chi connectivity index (χ4n) is 2.41. The molecule has 0 aromatic rings. The van der Waals surface area contributed by atoms with Gasteiger partial charge in [-0.2, -0.15) is 0 Å². The SMILES string of the molecule is NC(=S)NCC(=O)N1CCCC1.O=C(CN=C=S)N1CCCC1. The Morgan fingerprint density at radius 2 is 1.52 bits per heavy atom. The highest BCUT2D eigenvalue weighted by atomic mass is 32.1. The summed E-state index contributed by atoms with van der Waals surface area (Å²) in [6, 6.07) is 0. The summed E-state index contributed by atoms with van der Waals surface area (Å²) in [5, 5.41) is 5.01. The molecule has 0 aliphatic carbocycles.